The summed E-state index contributed by atoms with van der Waals surface area (Å²) >= 11 is 4.89. The van der Waals surface area contributed by atoms with Gasteiger partial charge in [0.1, 0.15) is 10.9 Å². The van der Waals surface area contributed by atoms with Crippen LogP contribution >= 0.6 is 27.3 Å². The van der Waals surface area contributed by atoms with Crippen LogP contribution in [0.25, 0.3) is 21.3 Å². The van der Waals surface area contributed by atoms with Gasteiger partial charge in [-0.3, -0.25) is 14.2 Å². The Morgan fingerprint density at radius 2 is 1.91 bits per heavy atom. The Kier molecular flexibility index (Phi) is 6.44. The van der Waals surface area contributed by atoms with Gasteiger partial charge in [0, 0.05) is 20.6 Å². The van der Waals surface area contributed by atoms with Gasteiger partial charge in [0.25, 0.3) is 5.56 Å². The molecule has 1 unspecified atom stereocenters. The monoisotopic (exact) mass is 525 g/mol. The fourth-order valence-electron chi connectivity index (χ4n) is 3.57. The molecule has 33 heavy (non-hydrogen) atoms. The minimum atomic E-state index is -0.825. The molecule has 2 aromatic heterocycles. The number of carbonyl (C=O) groups is 2. The van der Waals surface area contributed by atoms with E-state index in [1.165, 1.54) is 35.4 Å². The Morgan fingerprint density at radius 3 is 2.61 bits per heavy atom. The first-order valence-electron chi connectivity index (χ1n) is 10.1. The number of rotatable bonds is 5. The summed E-state index contributed by atoms with van der Waals surface area (Å²) < 4.78 is 6.99. The number of nitrogens with zero attached hydrogens (tertiary/aromatic N) is 2. The van der Waals surface area contributed by atoms with Gasteiger partial charge in [-0.15, -0.1) is 11.3 Å². The first-order valence-corrected chi connectivity index (χ1v) is 11.7. The number of esters is 1. The van der Waals surface area contributed by atoms with Crippen LogP contribution in [-0.4, -0.2) is 28.5 Å². The lowest BCUT2D eigenvalue weighted by molar-refractivity contribution is -0.118. The summed E-state index contributed by atoms with van der Waals surface area (Å²) in [7, 11) is 1.29. The highest BCUT2D eigenvalue weighted by molar-refractivity contribution is 9.10. The molecule has 0 radical (unpaired) electrons. The Hall–Kier alpha value is -3.30. The van der Waals surface area contributed by atoms with E-state index in [9.17, 15) is 14.4 Å². The van der Waals surface area contributed by atoms with Gasteiger partial charge in [-0.05, 0) is 49.7 Å². The minimum Gasteiger partial charge on any atom is -0.465 e. The van der Waals surface area contributed by atoms with Crippen molar-refractivity contribution in [2.75, 3.05) is 12.4 Å². The SMILES string of the molecule is COC(=O)c1cccc(NC(=O)C(C)n2cnc3sc(C)c(-c4ccc(Br)cc4)c3c2=O)c1. The Labute approximate surface area is 202 Å². The van der Waals surface area contributed by atoms with Crippen molar-refractivity contribution in [1.82, 2.24) is 9.55 Å². The maximum Gasteiger partial charge on any atom is 0.337 e. The Balaban J connectivity index is 1.70. The maximum atomic E-state index is 13.5. The van der Waals surface area contributed by atoms with E-state index in [0.717, 1.165) is 20.5 Å². The Bertz CT molecular complexity index is 1430. The molecule has 168 valence electrons. The molecule has 9 heteroatoms. The predicted molar refractivity (Wildman–Crippen MR) is 133 cm³/mol. The number of methoxy groups -OCH3 is 1. The highest BCUT2D eigenvalue weighted by Crippen LogP contribution is 2.36. The molecule has 1 atom stereocenters. The van der Waals surface area contributed by atoms with E-state index >= 15 is 0 Å². The molecule has 0 aliphatic rings. The molecule has 2 aromatic carbocycles. The largest absolute Gasteiger partial charge is 0.465 e. The first-order chi connectivity index (χ1) is 15.8. The number of anilines is 1. The third-order valence-corrected chi connectivity index (χ3v) is 6.84. The normalized spacial score (nSPS) is 11.9. The number of nitrogens with one attached hydrogen (secondary N) is 1. The summed E-state index contributed by atoms with van der Waals surface area (Å²) in [5.74, 6) is -0.907. The van der Waals surface area contributed by atoms with Crippen molar-refractivity contribution in [3.8, 4) is 11.1 Å². The Morgan fingerprint density at radius 1 is 1.18 bits per heavy atom. The van der Waals surface area contributed by atoms with Gasteiger partial charge in [0.2, 0.25) is 5.91 Å². The van der Waals surface area contributed by atoms with Gasteiger partial charge < -0.3 is 10.1 Å². The molecule has 2 heterocycles. The molecule has 1 N–H and O–H groups in total. The molecule has 0 saturated carbocycles. The first kappa shape index (κ1) is 22.9. The molecule has 7 nitrogen and oxygen atoms in total. The number of thiophene rings is 1. The summed E-state index contributed by atoms with van der Waals surface area (Å²) in [6.07, 6.45) is 1.40. The van der Waals surface area contributed by atoms with E-state index in [1.807, 2.05) is 31.2 Å². The third-order valence-electron chi connectivity index (χ3n) is 5.29. The van der Waals surface area contributed by atoms with E-state index < -0.39 is 17.9 Å². The number of aryl methyl sites for hydroxylation is 1. The summed E-state index contributed by atoms with van der Waals surface area (Å²) in [4.78, 5) is 44.2. The quantitative estimate of drug-likeness (QED) is 0.362. The maximum absolute atomic E-state index is 13.5. The lowest BCUT2D eigenvalue weighted by atomic mass is 10.0. The fraction of sp³-hybridized carbons (Fsp3) is 0.167. The van der Waals surface area contributed by atoms with E-state index in [-0.39, 0.29) is 5.56 Å². The highest BCUT2D eigenvalue weighted by atomic mass is 79.9. The van der Waals surface area contributed by atoms with Crippen LogP contribution in [0.2, 0.25) is 0 Å². The van der Waals surface area contributed by atoms with Crippen LogP contribution in [0.1, 0.15) is 28.2 Å². The van der Waals surface area contributed by atoms with Gasteiger partial charge in [-0.1, -0.05) is 34.1 Å². The van der Waals surface area contributed by atoms with Crippen molar-refractivity contribution in [2.24, 2.45) is 0 Å². The molecule has 0 aliphatic heterocycles. The van der Waals surface area contributed by atoms with Crippen LogP contribution < -0.4 is 10.9 Å². The van der Waals surface area contributed by atoms with Crippen molar-refractivity contribution < 1.29 is 14.3 Å². The third kappa shape index (κ3) is 4.46. The van der Waals surface area contributed by atoms with Crippen LogP contribution in [0.5, 0.6) is 0 Å². The molecule has 0 spiro atoms. The number of hydrogen-bond acceptors (Lipinski definition) is 6. The van der Waals surface area contributed by atoms with Gasteiger partial charge in [0.15, 0.2) is 0 Å². The average molecular weight is 526 g/mol. The number of halogens is 1. The number of aromatic nitrogens is 2. The van der Waals surface area contributed by atoms with Crippen LogP contribution in [0.4, 0.5) is 5.69 Å². The zero-order valence-corrected chi connectivity index (χ0v) is 20.5. The van der Waals surface area contributed by atoms with Gasteiger partial charge >= 0.3 is 5.97 Å². The van der Waals surface area contributed by atoms with Crippen LogP contribution in [0.3, 0.4) is 0 Å². The second-order valence-electron chi connectivity index (χ2n) is 7.41. The number of amides is 1. The van der Waals surface area contributed by atoms with Gasteiger partial charge in [0.05, 0.1) is 24.4 Å². The second-order valence-corrected chi connectivity index (χ2v) is 9.53. The van der Waals surface area contributed by atoms with Crippen molar-refractivity contribution >= 4 is 55.0 Å². The van der Waals surface area contributed by atoms with Crippen LogP contribution in [0, 0.1) is 6.92 Å². The minimum absolute atomic E-state index is 0.284. The number of benzene rings is 2. The summed E-state index contributed by atoms with van der Waals surface area (Å²) in [6.45, 7) is 3.59. The van der Waals surface area contributed by atoms with Crippen molar-refractivity contribution in [1.29, 1.82) is 0 Å². The molecule has 0 bridgehead atoms. The topological polar surface area (TPSA) is 90.3 Å². The number of carbonyl (C=O) groups excluding carboxylic acids is 2. The number of ether oxygens (including phenoxy) is 1. The predicted octanol–water partition coefficient (Wildman–Crippen LogP) is 5.18. The summed E-state index contributed by atoms with van der Waals surface area (Å²) in [5.41, 5.74) is 2.20. The second kappa shape index (κ2) is 9.29. The zero-order chi connectivity index (χ0) is 23.7. The van der Waals surface area contributed by atoms with Gasteiger partial charge in [-0.25, -0.2) is 9.78 Å². The average Bonchev–Trinajstić information content (AvgIpc) is 3.15. The molecule has 4 aromatic rings. The van der Waals surface area contributed by atoms with E-state index in [1.54, 1.807) is 25.1 Å². The summed E-state index contributed by atoms with van der Waals surface area (Å²) in [5, 5.41) is 3.25. The van der Waals surface area contributed by atoms with Crippen LogP contribution in [-0.2, 0) is 9.53 Å². The molecule has 0 aliphatic carbocycles. The zero-order valence-electron chi connectivity index (χ0n) is 18.1. The van der Waals surface area contributed by atoms with E-state index in [0.29, 0.717) is 21.5 Å². The van der Waals surface area contributed by atoms with Crippen molar-refractivity contribution in [3.05, 3.63) is 80.1 Å². The summed E-state index contributed by atoms with van der Waals surface area (Å²) in [6, 6.07) is 13.3. The van der Waals surface area contributed by atoms with Crippen molar-refractivity contribution in [2.45, 2.75) is 19.9 Å². The number of fused-ring (bicyclic) bond motifs is 1. The highest BCUT2D eigenvalue weighted by Gasteiger charge is 2.22. The van der Waals surface area contributed by atoms with Gasteiger partial charge in [-0.2, -0.15) is 0 Å². The molecule has 0 fully saturated rings. The van der Waals surface area contributed by atoms with E-state index in [4.69, 9.17) is 4.74 Å². The molecule has 0 saturated heterocycles. The molecular formula is C24H20BrN3O4S. The molecule has 1 amide bonds. The lowest BCUT2D eigenvalue weighted by Crippen LogP contribution is -2.31. The van der Waals surface area contributed by atoms with E-state index in [2.05, 4.69) is 26.2 Å². The fourth-order valence-corrected chi connectivity index (χ4v) is 4.84. The number of hydrogen-bond donors (Lipinski definition) is 1. The molecular weight excluding hydrogens is 506 g/mol. The standard InChI is InChI=1S/C24H20BrN3O4S/c1-13(21(29)27-18-6-4-5-16(11-18)24(31)32-3)28-12-26-22-20(23(28)30)19(14(2)33-22)15-7-9-17(25)10-8-15/h4-13H,1-3H3,(H,27,29). The smallest absolute Gasteiger partial charge is 0.337 e. The lowest BCUT2D eigenvalue weighted by Gasteiger charge is -2.15. The van der Waals surface area contributed by atoms with Crippen LogP contribution in [0.15, 0.2) is 64.1 Å². The molecule has 4 rings (SSSR count). The van der Waals surface area contributed by atoms with Crippen molar-refractivity contribution in [3.63, 3.8) is 0 Å².